The summed E-state index contributed by atoms with van der Waals surface area (Å²) in [4.78, 5) is 33.7. The maximum Gasteiger partial charge on any atom is 0.283 e. The van der Waals surface area contributed by atoms with Crippen LogP contribution in [-0.4, -0.2) is 22.2 Å². The molecule has 1 saturated carbocycles. The highest BCUT2D eigenvalue weighted by atomic mass is 16.6. The maximum absolute atomic E-state index is 12.3. The van der Waals surface area contributed by atoms with Crippen molar-refractivity contribution in [3.05, 3.63) is 16.2 Å². The van der Waals surface area contributed by atoms with Crippen molar-refractivity contribution in [2.24, 2.45) is 0 Å². The first-order valence-corrected chi connectivity index (χ1v) is 7.50. The average molecular weight is 281 g/mol. The molecular formula is C15H23NO4. The minimum atomic E-state index is -1.60. The van der Waals surface area contributed by atoms with Crippen molar-refractivity contribution < 1.29 is 14.5 Å². The molecule has 1 aliphatic carbocycles. The van der Waals surface area contributed by atoms with Crippen LogP contribution in [0.1, 0.15) is 70.6 Å². The molecule has 0 heterocycles. The summed E-state index contributed by atoms with van der Waals surface area (Å²) >= 11 is 0. The van der Waals surface area contributed by atoms with E-state index in [9.17, 15) is 19.7 Å². The van der Waals surface area contributed by atoms with Gasteiger partial charge in [0.15, 0.2) is 0 Å². The van der Waals surface area contributed by atoms with Gasteiger partial charge >= 0.3 is 0 Å². The summed E-state index contributed by atoms with van der Waals surface area (Å²) in [6.45, 7) is 0. The van der Waals surface area contributed by atoms with Crippen molar-refractivity contribution >= 4 is 11.7 Å². The van der Waals surface area contributed by atoms with E-state index in [-0.39, 0.29) is 25.0 Å². The molecule has 5 heteroatoms. The summed E-state index contributed by atoms with van der Waals surface area (Å²) in [6.07, 6.45) is 9.17. The molecule has 0 spiro atoms. The molecule has 1 rings (SSSR count). The van der Waals surface area contributed by atoms with Crippen molar-refractivity contribution in [1.82, 2.24) is 0 Å². The van der Waals surface area contributed by atoms with Crippen LogP contribution < -0.4 is 0 Å². The maximum atomic E-state index is 12.3. The Bertz CT molecular complexity index is 387. The van der Waals surface area contributed by atoms with Gasteiger partial charge in [-0.1, -0.05) is 38.5 Å². The number of hydrogen-bond donors (Lipinski definition) is 0. The minimum absolute atomic E-state index is 0.123. The Morgan fingerprint density at radius 3 is 2.20 bits per heavy atom. The van der Waals surface area contributed by atoms with Crippen molar-refractivity contribution in [3.63, 3.8) is 0 Å². The van der Waals surface area contributed by atoms with Crippen LogP contribution >= 0.6 is 0 Å². The molecule has 0 saturated heterocycles. The van der Waals surface area contributed by atoms with Gasteiger partial charge in [0.25, 0.3) is 5.54 Å². The lowest BCUT2D eigenvalue weighted by Gasteiger charge is -2.23. The topological polar surface area (TPSA) is 77.3 Å². The molecule has 0 aromatic rings. The molecule has 0 aromatic heterocycles. The SMILES string of the molecule is O=C=CCC1([N+](=O)[O-])CCCCCCCCCCC1=O. The number of nitro groups is 1. The van der Waals surface area contributed by atoms with E-state index in [1.54, 1.807) is 5.94 Å². The summed E-state index contributed by atoms with van der Waals surface area (Å²) in [5.74, 6) is 1.25. The first-order chi connectivity index (χ1) is 9.63. The zero-order valence-electron chi connectivity index (χ0n) is 11.9. The standard InChI is InChI=1S/C15H23NO4/c17-13-9-12-15(16(19)20)11-8-6-4-2-1-3-5-7-10-14(15)18/h9H,1-8,10-12H2. The van der Waals surface area contributed by atoms with Gasteiger partial charge in [-0.25, -0.2) is 4.79 Å². The molecule has 0 bridgehead atoms. The molecule has 1 atom stereocenters. The number of hydrogen-bond acceptors (Lipinski definition) is 4. The van der Waals surface area contributed by atoms with Crippen LogP contribution in [0.5, 0.6) is 0 Å². The second-order valence-electron chi connectivity index (χ2n) is 5.57. The van der Waals surface area contributed by atoms with Gasteiger partial charge in [-0.05, 0) is 12.8 Å². The third-order valence-electron chi connectivity index (χ3n) is 4.14. The fraction of sp³-hybridized carbons (Fsp3) is 0.800. The van der Waals surface area contributed by atoms with Gasteiger partial charge in [-0.2, -0.15) is 0 Å². The summed E-state index contributed by atoms with van der Waals surface area (Å²) in [5.41, 5.74) is -1.60. The molecule has 0 amide bonds. The van der Waals surface area contributed by atoms with Crippen LogP contribution in [0.25, 0.3) is 0 Å². The van der Waals surface area contributed by atoms with Crippen molar-refractivity contribution in [3.8, 4) is 0 Å². The van der Waals surface area contributed by atoms with Crippen molar-refractivity contribution in [1.29, 1.82) is 0 Å². The number of ketones is 1. The van der Waals surface area contributed by atoms with Crippen LogP contribution in [0.4, 0.5) is 0 Å². The third-order valence-corrected chi connectivity index (χ3v) is 4.14. The predicted octanol–water partition coefficient (Wildman–Crippen LogP) is 3.26. The Morgan fingerprint density at radius 2 is 1.65 bits per heavy atom. The first-order valence-electron chi connectivity index (χ1n) is 7.50. The zero-order valence-corrected chi connectivity index (χ0v) is 11.9. The van der Waals surface area contributed by atoms with Gasteiger partial charge in [-0.3, -0.25) is 14.9 Å². The van der Waals surface area contributed by atoms with E-state index in [1.807, 2.05) is 0 Å². The second-order valence-corrected chi connectivity index (χ2v) is 5.57. The summed E-state index contributed by atoms with van der Waals surface area (Å²) < 4.78 is 0. The average Bonchev–Trinajstić information content (AvgIpc) is 2.42. The second kappa shape index (κ2) is 8.64. The Balaban J connectivity index is 2.87. The zero-order chi connectivity index (χ0) is 14.8. The van der Waals surface area contributed by atoms with E-state index in [4.69, 9.17) is 0 Å². The fourth-order valence-corrected chi connectivity index (χ4v) is 2.83. The smallest absolute Gasteiger partial charge is 0.283 e. The van der Waals surface area contributed by atoms with Gasteiger partial charge in [0, 0.05) is 23.8 Å². The van der Waals surface area contributed by atoms with Gasteiger partial charge in [0.1, 0.15) is 5.94 Å². The minimum Gasteiger partial charge on any atom is -0.292 e. The normalized spacial score (nSPS) is 25.9. The molecular weight excluding hydrogens is 258 g/mol. The highest BCUT2D eigenvalue weighted by Gasteiger charge is 2.48. The molecule has 0 aliphatic heterocycles. The van der Waals surface area contributed by atoms with E-state index in [0.717, 1.165) is 38.2 Å². The highest BCUT2D eigenvalue weighted by Crippen LogP contribution is 2.28. The van der Waals surface area contributed by atoms with Crippen molar-refractivity contribution in [2.75, 3.05) is 0 Å². The lowest BCUT2D eigenvalue weighted by atomic mass is 9.82. The van der Waals surface area contributed by atoms with E-state index >= 15 is 0 Å². The van der Waals surface area contributed by atoms with Gasteiger partial charge < -0.3 is 0 Å². The Labute approximate surface area is 119 Å². The van der Waals surface area contributed by atoms with Crippen molar-refractivity contribution in [2.45, 2.75) is 76.2 Å². The van der Waals surface area contributed by atoms with Crippen LogP contribution in [0.2, 0.25) is 0 Å². The third kappa shape index (κ3) is 4.57. The summed E-state index contributed by atoms with van der Waals surface area (Å²) in [7, 11) is 0. The first kappa shape index (κ1) is 16.6. The number of carbonyl (C=O) groups is 1. The van der Waals surface area contributed by atoms with Gasteiger partial charge in [0.2, 0.25) is 5.78 Å². The number of nitrogens with zero attached hydrogens (tertiary/aromatic N) is 1. The number of carbonyl (C=O) groups excluding carboxylic acids is 2. The van der Waals surface area contributed by atoms with E-state index < -0.39 is 10.5 Å². The van der Waals surface area contributed by atoms with E-state index in [0.29, 0.717) is 12.8 Å². The molecule has 1 unspecified atom stereocenters. The lowest BCUT2D eigenvalue weighted by Crippen LogP contribution is -2.46. The largest absolute Gasteiger partial charge is 0.292 e. The van der Waals surface area contributed by atoms with Gasteiger partial charge in [0.05, 0.1) is 6.42 Å². The Morgan fingerprint density at radius 1 is 1.10 bits per heavy atom. The van der Waals surface area contributed by atoms with Crippen LogP contribution in [0.3, 0.4) is 0 Å². The summed E-state index contributed by atoms with van der Waals surface area (Å²) in [5, 5.41) is 11.4. The molecule has 20 heavy (non-hydrogen) atoms. The Hall–Kier alpha value is -1.48. The molecule has 0 N–H and O–H groups in total. The van der Waals surface area contributed by atoms with Crippen LogP contribution in [0.15, 0.2) is 6.08 Å². The Kier molecular flexibility index (Phi) is 7.16. The van der Waals surface area contributed by atoms with Gasteiger partial charge in [-0.15, -0.1) is 0 Å². The number of rotatable bonds is 3. The van der Waals surface area contributed by atoms with E-state index in [2.05, 4.69) is 0 Å². The number of Topliss-reactive ketones (excluding diaryl/α,β-unsaturated/α-hetero) is 1. The quantitative estimate of drug-likeness (QED) is 0.452. The summed E-state index contributed by atoms with van der Waals surface area (Å²) in [6, 6.07) is 0. The molecule has 1 fully saturated rings. The molecule has 5 nitrogen and oxygen atoms in total. The molecule has 1 aliphatic rings. The monoisotopic (exact) mass is 281 g/mol. The molecule has 112 valence electrons. The predicted molar refractivity (Wildman–Crippen MR) is 75.8 cm³/mol. The van der Waals surface area contributed by atoms with Crippen LogP contribution in [0, 0.1) is 10.1 Å². The van der Waals surface area contributed by atoms with Crippen LogP contribution in [-0.2, 0) is 9.59 Å². The molecule has 0 radical (unpaired) electrons. The lowest BCUT2D eigenvalue weighted by molar-refractivity contribution is -0.552. The highest BCUT2D eigenvalue weighted by molar-refractivity contribution is 5.87. The van der Waals surface area contributed by atoms with E-state index in [1.165, 1.54) is 6.42 Å². The fourth-order valence-electron chi connectivity index (χ4n) is 2.83. The molecule has 0 aromatic carbocycles.